The van der Waals surface area contributed by atoms with Crippen LogP contribution in [-0.2, 0) is 16.0 Å². The highest BCUT2D eigenvalue weighted by Crippen LogP contribution is 2.36. The van der Waals surface area contributed by atoms with E-state index in [1.807, 2.05) is 50.2 Å². The Kier molecular flexibility index (Phi) is 4.66. The average molecular weight is 449 g/mol. The van der Waals surface area contributed by atoms with E-state index >= 15 is 0 Å². The molecule has 0 saturated carbocycles. The number of aromatic nitrogens is 6. The van der Waals surface area contributed by atoms with Crippen LogP contribution in [0.15, 0.2) is 42.7 Å². The van der Waals surface area contributed by atoms with E-state index < -0.39 is 5.79 Å². The zero-order chi connectivity index (χ0) is 22.4. The summed E-state index contributed by atoms with van der Waals surface area (Å²) in [4.78, 5) is 7.44. The summed E-state index contributed by atoms with van der Waals surface area (Å²) in [6.45, 7) is 4.95. The third-order valence-corrected chi connectivity index (χ3v) is 5.72. The zero-order valence-electron chi connectivity index (χ0n) is 18.2. The molecular weight excluding hydrogens is 426 g/mol. The normalized spacial score (nSPS) is 19.8. The van der Waals surface area contributed by atoms with E-state index in [-0.39, 0.29) is 18.9 Å². The van der Waals surface area contributed by atoms with Gasteiger partial charge >= 0.3 is 0 Å². The summed E-state index contributed by atoms with van der Waals surface area (Å²) in [6.07, 6.45) is 1.52. The first kappa shape index (κ1) is 19.9. The molecule has 4 heterocycles. The van der Waals surface area contributed by atoms with Gasteiger partial charge in [-0.3, -0.25) is 0 Å². The fourth-order valence-electron chi connectivity index (χ4n) is 4.18. The van der Waals surface area contributed by atoms with Gasteiger partial charge < -0.3 is 29.2 Å². The lowest BCUT2D eigenvalue weighted by molar-refractivity contribution is -0.140. The Hall–Kier alpha value is -3.70. The van der Waals surface area contributed by atoms with Gasteiger partial charge in [-0.25, -0.2) is 9.67 Å². The fraction of sp³-hybridized carbons (Fsp3) is 0.364. The van der Waals surface area contributed by atoms with Crippen molar-refractivity contribution >= 4 is 16.7 Å². The van der Waals surface area contributed by atoms with E-state index in [1.165, 1.54) is 0 Å². The van der Waals surface area contributed by atoms with Crippen LogP contribution in [0, 0.1) is 0 Å². The van der Waals surface area contributed by atoms with Crippen LogP contribution in [0.25, 0.3) is 11.0 Å². The van der Waals surface area contributed by atoms with Gasteiger partial charge in [0.05, 0.1) is 30.5 Å². The molecule has 2 unspecified atom stereocenters. The van der Waals surface area contributed by atoms with Gasteiger partial charge in [0.1, 0.15) is 12.1 Å². The number of ether oxygens (including phenoxy) is 4. The van der Waals surface area contributed by atoms with E-state index in [0.717, 1.165) is 28.0 Å². The third kappa shape index (κ3) is 3.85. The molecule has 11 heteroatoms. The number of anilines is 1. The van der Waals surface area contributed by atoms with Gasteiger partial charge in [0.15, 0.2) is 23.1 Å². The van der Waals surface area contributed by atoms with Crippen molar-refractivity contribution in [1.82, 2.24) is 30.2 Å². The Morgan fingerprint density at radius 3 is 2.97 bits per heavy atom. The second-order valence-electron chi connectivity index (χ2n) is 8.49. The predicted octanol–water partition coefficient (Wildman–Crippen LogP) is 2.63. The highest BCUT2D eigenvalue weighted by molar-refractivity contribution is 5.79. The quantitative estimate of drug-likeness (QED) is 0.457. The second kappa shape index (κ2) is 7.71. The largest absolute Gasteiger partial charge is 0.454 e. The van der Waals surface area contributed by atoms with Crippen LogP contribution in [-0.4, -0.2) is 55.5 Å². The number of aromatic amines is 1. The number of nitrogens with zero attached hydrogens (tertiary/aromatic N) is 5. The van der Waals surface area contributed by atoms with E-state index in [9.17, 15) is 0 Å². The van der Waals surface area contributed by atoms with Crippen LogP contribution in [0.5, 0.6) is 11.5 Å². The lowest BCUT2D eigenvalue weighted by Gasteiger charge is -2.21. The summed E-state index contributed by atoms with van der Waals surface area (Å²) < 4.78 is 24.5. The molecule has 1 fully saturated rings. The van der Waals surface area contributed by atoms with Crippen molar-refractivity contribution in [2.45, 2.75) is 38.3 Å². The first-order valence-corrected chi connectivity index (χ1v) is 10.7. The van der Waals surface area contributed by atoms with Crippen molar-refractivity contribution < 1.29 is 18.9 Å². The van der Waals surface area contributed by atoms with Crippen molar-refractivity contribution in [2.75, 3.05) is 18.7 Å². The highest BCUT2D eigenvalue weighted by Gasteiger charge is 2.34. The first-order valence-electron chi connectivity index (χ1n) is 10.7. The number of hydrogen-bond acceptors (Lipinski definition) is 9. The fourth-order valence-corrected chi connectivity index (χ4v) is 4.18. The summed E-state index contributed by atoms with van der Waals surface area (Å²) in [5.74, 6) is 1.44. The smallest absolute Gasteiger partial charge is 0.231 e. The minimum absolute atomic E-state index is 0.152. The Bertz CT molecular complexity index is 1300. The maximum Gasteiger partial charge on any atom is 0.231 e. The van der Waals surface area contributed by atoms with Gasteiger partial charge in [0, 0.05) is 5.69 Å². The topological polar surface area (TPSA) is 121 Å². The molecule has 4 aromatic rings. The number of benzene rings is 2. The molecule has 0 spiro atoms. The second-order valence-corrected chi connectivity index (χ2v) is 8.49. The van der Waals surface area contributed by atoms with Crippen molar-refractivity contribution in [2.24, 2.45) is 0 Å². The molecule has 11 nitrogen and oxygen atoms in total. The Balaban J connectivity index is 1.36. The van der Waals surface area contributed by atoms with Gasteiger partial charge in [-0.15, -0.1) is 5.10 Å². The van der Waals surface area contributed by atoms with Crippen molar-refractivity contribution in [1.29, 1.82) is 0 Å². The molecule has 0 bridgehead atoms. The molecule has 1 saturated heterocycles. The molecule has 33 heavy (non-hydrogen) atoms. The maximum atomic E-state index is 5.97. The van der Waals surface area contributed by atoms with E-state index in [4.69, 9.17) is 18.9 Å². The number of imidazole rings is 1. The predicted molar refractivity (Wildman–Crippen MR) is 117 cm³/mol. The van der Waals surface area contributed by atoms with Gasteiger partial charge in [-0.1, -0.05) is 6.07 Å². The molecule has 0 aliphatic carbocycles. The molecule has 2 aliphatic rings. The Labute approximate surface area is 189 Å². The van der Waals surface area contributed by atoms with E-state index in [1.54, 1.807) is 11.0 Å². The van der Waals surface area contributed by atoms with Crippen molar-refractivity contribution in [3.8, 4) is 11.5 Å². The molecule has 170 valence electrons. The monoisotopic (exact) mass is 449 g/mol. The zero-order valence-corrected chi connectivity index (χ0v) is 18.2. The number of tetrazole rings is 1. The van der Waals surface area contributed by atoms with Crippen molar-refractivity contribution in [3.63, 3.8) is 0 Å². The number of rotatable bonds is 6. The minimum Gasteiger partial charge on any atom is -0.454 e. The molecule has 2 aliphatic heterocycles. The van der Waals surface area contributed by atoms with Gasteiger partial charge in [0.2, 0.25) is 6.79 Å². The SMILES string of the molecule is CC1(C)OCC(Cn2nnnc2C(Nc2ccc3nc[nH]c3c2)c2ccc3c(c2)OCO3)O1. The molecule has 2 N–H and O–H groups in total. The number of fused-ring (bicyclic) bond motifs is 2. The van der Waals surface area contributed by atoms with Gasteiger partial charge in [-0.05, 0) is 60.2 Å². The van der Waals surface area contributed by atoms with Crippen LogP contribution in [0.4, 0.5) is 5.69 Å². The lowest BCUT2D eigenvalue weighted by Crippen LogP contribution is -2.27. The Morgan fingerprint density at radius 1 is 1.18 bits per heavy atom. The minimum atomic E-state index is -0.618. The number of nitrogens with one attached hydrogen (secondary N) is 2. The van der Waals surface area contributed by atoms with Crippen LogP contribution in [0.1, 0.15) is 31.3 Å². The van der Waals surface area contributed by atoms with Crippen LogP contribution in [0.2, 0.25) is 0 Å². The lowest BCUT2D eigenvalue weighted by atomic mass is 10.0. The number of hydrogen-bond donors (Lipinski definition) is 2. The molecule has 0 radical (unpaired) electrons. The Morgan fingerprint density at radius 2 is 2.09 bits per heavy atom. The summed E-state index contributed by atoms with van der Waals surface area (Å²) in [5, 5.41) is 16.1. The molecule has 0 amide bonds. The molecular formula is C22H23N7O4. The number of H-pyrrole nitrogens is 1. The average Bonchev–Trinajstić information content (AvgIpc) is 3.59. The van der Waals surface area contributed by atoms with Crippen LogP contribution < -0.4 is 14.8 Å². The molecule has 2 atom stereocenters. The standard InChI is InChI=1S/C22H23N7O4/c1-22(2)32-10-15(33-22)9-29-21(26-27-28-29)20(13-3-6-18-19(7-13)31-12-30-18)25-14-4-5-16-17(8-14)24-11-23-16/h3-8,11,15,20,25H,9-10,12H2,1-2H3,(H,23,24). The van der Waals surface area contributed by atoms with Gasteiger partial charge in [-0.2, -0.15) is 0 Å². The third-order valence-electron chi connectivity index (χ3n) is 5.72. The van der Waals surface area contributed by atoms with Crippen LogP contribution in [0.3, 0.4) is 0 Å². The highest BCUT2D eigenvalue weighted by atomic mass is 16.7. The summed E-state index contributed by atoms with van der Waals surface area (Å²) in [5.41, 5.74) is 3.66. The summed E-state index contributed by atoms with van der Waals surface area (Å²) in [6, 6.07) is 11.4. The van der Waals surface area contributed by atoms with Gasteiger partial charge in [0.25, 0.3) is 0 Å². The van der Waals surface area contributed by atoms with Crippen molar-refractivity contribution in [3.05, 3.63) is 54.1 Å². The molecule has 6 rings (SSSR count). The van der Waals surface area contributed by atoms with E-state index in [2.05, 4.69) is 30.8 Å². The summed E-state index contributed by atoms with van der Waals surface area (Å²) in [7, 11) is 0. The molecule has 2 aromatic carbocycles. The molecule has 2 aromatic heterocycles. The summed E-state index contributed by atoms with van der Waals surface area (Å²) >= 11 is 0. The van der Waals surface area contributed by atoms with E-state index in [0.29, 0.717) is 24.7 Å². The maximum absolute atomic E-state index is 5.97. The van der Waals surface area contributed by atoms with Crippen LogP contribution >= 0.6 is 0 Å². The first-order chi connectivity index (χ1) is 16.0.